The third-order valence-electron chi connectivity index (χ3n) is 3.76. The molecule has 0 aliphatic carbocycles. The highest BCUT2D eigenvalue weighted by Crippen LogP contribution is 2.29. The zero-order valence-corrected chi connectivity index (χ0v) is 13.3. The van der Waals surface area contributed by atoms with E-state index in [2.05, 4.69) is 10.4 Å². The molecule has 1 aromatic carbocycles. The quantitative estimate of drug-likeness (QED) is 0.942. The summed E-state index contributed by atoms with van der Waals surface area (Å²) in [5.74, 6) is 2.49. The van der Waals surface area contributed by atoms with Crippen molar-refractivity contribution >= 4 is 11.5 Å². The van der Waals surface area contributed by atoms with E-state index in [1.54, 1.807) is 14.2 Å². The number of fused-ring (bicyclic) bond motifs is 1. The molecule has 6 nitrogen and oxygen atoms in total. The molecule has 0 saturated carbocycles. The molecule has 0 spiro atoms. The number of ether oxygens (including phenoxy) is 2. The van der Waals surface area contributed by atoms with Gasteiger partial charge in [0, 0.05) is 25.2 Å². The highest BCUT2D eigenvalue weighted by Gasteiger charge is 2.22. The number of nitrogens with zero attached hydrogens (tertiary/aromatic N) is 3. The SMILES string of the molecule is COc1cc(OC)cc(C2=NCCNc3c2c(C)nn3C)c1. The van der Waals surface area contributed by atoms with Crippen molar-refractivity contribution in [3.8, 4) is 11.5 Å². The zero-order chi connectivity index (χ0) is 15.7. The molecule has 1 aliphatic heterocycles. The summed E-state index contributed by atoms with van der Waals surface area (Å²) in [5.41, 5.74) is 3.88. The van der Waals surface area contributed by atoms with E-state index in [4.69, 9.17) is 14.5 Å². The molecule has 1 aliphatic rings. The molecule has 6 heteroatoms. The Morgan fingerprint density at radius 2 is 1.82 bits per heavy atom. The standard InChI is InChI=1S/C16H20N4O2/c1-10-14-15(17-5-6-18-16(14)20(2)19-10)11-7-12(21-3)9-13(8-11)22-4/h7-9,18H,5-6H2,1-4H3. The van der Waals surface area contributed by atoms with E-state index in [1.165, 1.54) is 0 Å². The topological polar surface area (TPSA) is 60.7 Å². The predicted octanol–water partition coefficient (Wildman–Crippen LogP) is 2.01. The number of aliphatic imine (C=N–C) groups is 1. The van der Waals surface area contributed by atoms with E-state index in [0.717, 1.165) is 46.4 Å². The number of hydrogen-bond acceptors (Lipinski definition) is 5. The number of anilines is 1. The summed E-state index contributed by atoms with van der Waals surface area (Å²) < 4.78 is 12.6. The number of rotatable bonds is 3. The van der Waals surface area contributed by atoms with Crippen molar-refractivity contribution in [1.82, 2.24) is 9.78 Å². The first-order chi connectivity index (χ1) is 10.6. The first-order valence-electron chi connectivity index (χ1n) is 7.19. The summed E-state index contributed by atoms with van der Waals surface area (Å²) in [4.78, 5) is 4.75. The summed E-state index contributed by atoms with van der Waals surface area (Å²) in [6, 6.07) is 5.81. The van der Waals surface area contributed by atoms with E-state index in [0.29, 0.717) is 6.54 Å². The van der Waals surface area contributed by atoms with Crippen molar-refractivity contribution in [3.63, 3.8) is 0 Å². The van der Waals surface area contributed by atoms with Crippen LogP contribution in [0.25, 0.3) is 0 Å². The van der Waals surface area contributed by atoms with Crippen molar-refractivity contribution in [1.29, 1.82) is 0 Å². The van der Waals surface area contributed by atoms with E-state index in [-0.39, 0.29) is 0 Å². The Labute approximate surface area is 129 Å². The van der Waals surface area contributed by atoms with Crippen LogP contribution in [0, 0.1) is 6.92 Å². The number of methoxy groups -OCH3 is 2. The van der Waals surface area contributed by atoms with Crippen molar-refractivity contribution in [2.75, 3.05) is 32.6 Å². The van der Waals surface area contributed by atoms with Gasteiger partial charge in [0.2, 0.25) is 0 Å². The van der Waals surface area contributed by atoms with Crippen LogP contribution in [0.1, 0.15) is 16.8 Å². The molecule has 2 aromatic rings. The summed E-state index contributed by atoms with van der Waals surface area (Å²) in [5, 5.41) is 7.90. The Hall–Kier alpha value is -2.50. The van der Waals surface area contributed by atoms with Gasteiger partial charge in [-0.3, -0.25) is 9.67 Å². The molecular formula is C16H20N4O2. The zero-order valence-electron chi connectivity index (χ0n) is 13.3. The molecule has 1 aromatic heterocycles. The van der Waals surface area contributed by atoms with Crippen molar-refractivity contribution in [3.05, 3.63) is 35.0 Å². The third-order valence-corrected chi connectivity index (χ3v) is 3.76. The van der Waals surface area contributed by atoms with Crippen LogP contribution in [0.15, 0.2) is 23.2 Å². The first-order valence-corrected chi connectivity index (χ1v) is 7.19. The maximum Gasteiger partial charge on any atom is 0.133 e. The molecule has 1 N–H and O–H groups in total. The molecule has 0 unspecified atom stereocenters. The van der Waals surface area contributed by atoms with Gasteiger partial charge in [0.25, 0.3) is 0 Å². The van der Waals surface area contributed by atoms with Crippen LogP contribution >= 0.6 is 0 Å². The number of nitrogens with one attached hydrogen (secondary N) is 1. The molecule has 3 rings (SSSR count). The fraction of sp³-hybridized carbons (Fsp3) is 0.375. The number of aromatic nitrogens is 2. The molecule has 116 valence electrons. The van der Waals surface area contributed by atoms with Crippen LogP contribution < -0.4 is 14.8 Å². The second kappa shape index (κ2) is 5.71. The third kappa shape index (κ3) is 2.41. The van der Waals surface area contributed by atoms with Crippen LogP contribution in [-0.4, -0.2) is 42.8 Å². The van der Waals surface area contributed by atoms with Gasteiger partial charge in [0.1, 0.15) is 17.3 Å². The highest BCUT2D eigenvalue weighted by atomic mass is 16.5. The largest absolute Gasteiger partial charge is 0.497 e. The van der Waals surface area contributed by atoms with Gasteiger partial charge in [-0.15, -0.1) is 0 Å². The molecule has 0 radical (unpaired) electrons. The molecule has 0 fully saturated rings. The second-order valence-electron chi connectivity index (χ2n) is 5.19. The monoisotopic (exact) mass is 300 g/mol. The predicted molar refractivity (Wildman–Crippen MR) is 86.5 cm³/mol. The van der Waals surface area contributed by atoms with Gasteiger partial charge in [-0.1, -0.05) is 0 Å². The Morgan fingerprint density at radius 1 is 1.14 bits per heavy atom. The lowest BCUT2D eigenvalue weighted by molar-refractivity contribution is 0.394. The lowest BCUT2D eigenvalue weighted by Gasteiger charge is -2.11. The Balaban J connectivity index is 2.18. The van der Waals surface area contributed by atoms with Gasteiger partial charge in [-0.25, -0.2) is 0 Å². The Bertz CT molecular complexity index is 712. The molecule has 2 heterocycles. The number of hydrogen-bond donors (Lipinski definition) is 1. The van der Waals surface area contributed by atoms with Gasteiger partial charge < -0.3 is 14.8 Å². The normalized spacial score (nSPS) is 13.7. The minimum Gasteiger partial charge on any atom is -0.497 e. The molecular weight excluding hydrogens is 280 g/mol. The van der Waals surface area contributed by atoms with Crippen LogP contribution in [0.4, 0.5) is 5.82 Å². The minimum absolute atomic E-state index is 0.711. The Kier molecular flexibility index (Phi) is 3.75. The number of benzene rings is 1. The van der Waals surface area contributed by atoms with Crippen molar-refractivity contribution in [2.45, 2.75) is 6.92 Å². The highest BCUT2D eigenvalue weighted by molar-refractivity contribution is 6.17. The Morgan fingerprint density at radius 3 is 2.45 bits per heavy atom. The molecule has 0 amide bonds. The van der Waals surface area contributed by atoms with Crippen molar-refractivity contribution in [2.24, 2.45) is 12.0 Å². The van der Waals surface area contributed by atoms with Crippen molar-refractivity contribution < 1.29 is 9.47 Å². The van der Waals surface area contributed by atoms with Gasteiger partial charge >= 0.3 is 0 Å². The average molecular weight is 300 g/mol. The van der Waals surface area contributed by atoms with Crippen LogP contribution in [-0.2, 0) is 7.05 Å². The smallest absolute Gasteiger partial charge is 0.133 e. The molecule has 0 saturated heterocycles. The average Bonchev–Trinajstić information content (AvgIpc) is 2.71. The maximum atomic E-state index is 5.37. The lowest BCUT2D eigenvalue weighted by atomic mass is 10.0. The molecule has 22 heavy (non-hydrogen) atoms. The number of aryl methyl sites for hydroxylation is 2. The second-order valence-corrected chi connectivity index (χ2v) is 5.19. The van der Waals surface area contributed by atoms with Gasteiger partial charge in [0.05, 0.1) is 37.7 Å². The summed E-state index contributed by atoms with van der Waals surface area (Å²) in [6.07, 6.45) is 0. The fourth-order valence-electron chi connectivity index (χ4n) is 2.75. The first kappa shape index (κ1) is 14.4. The van der Waals surface area contributed by atoms with Crippen LogP contribution in [0.3, 0.4) is 0 Å². The van der Waals surface area contributed by atoms with E-state index < -0.39 is 0 Å². The molecule has 0 bridgehead atoms. The summed E-state index contributed by atoms with van der Waals surface area (Å²) in [7, 11) is 5.24. The van der Waals surface area contributed by atoms with E-state index in [9.17, 15) is 0 Å². The maximum absolute atomic E-state index is 5.37. The summed E-state index contributed by atoms with van der Waals surface area (Å²) >= 11 is 0. The van der Waals surface area contributed by atoms with E-state index >= 15 is 0 Å². The van der Waals surface area contributed by atoms with Crippen LogP contribution in [0.5, 0.6) is 11.5 Å². The van der Waals surface area contributed by atoms with E-state index in [1.807, 2.05) is 36.9 Å². The summed E-state index contributed by atoms with van der Waals surface area (Å²) in [6.45, 7) is 3.50. The minimum atomic E-state index is 0.711. The van der Waals surface area contributed by atoms with Gasteiger partial charge in [-0.05, 0) is 19.1 Å². The fourth-order valence-corrected chi connectivity index (χ4v) is 2.75. The van der Waals surface area contributed by atoms with Gasteiger partial charge in [0.15, 0.2) is 0 Å². The lowest BCUT2D eigenvalue weighted by Crippen LogP contribution is -2.08. The van der Waals surface area contributed by atoms with Crippen LogP contribution in [0.2, 0.25) is 0 Å². The van der Waals surface area contributed by atoms with Gasteiger partial charge in [-0.2, -0.15) is 5.10 Å². The molecule has 0 atom stereocenters.